The molecule has 0 spiro atoms. The predicted molar refractivity (Wildman–Crippen MR) is 97.7 cm³/mol. The second-order valence-electron chi connectivity index (χ2n) is 7.30. The molecule has 1 aromatic carbocycles. The van der Waals surface area contributed by atoms with Crippen LogP contribution < -0.4 is 14.5 Å². The Kier molecular flexibility index (Phi) is 4.47. The first-order valence-corrected chi connectivity index (χ1v) is 9.13. The maximum absolute atomic E-state index is 13.2. The quantitative estimate of drug-likeness (QED) is 0.786. The first-order chi connectivity index (χ1) is 13.3. The Morgan fingerprint density at radius 1 is 1.29 bits per heavy atom. The fraction of sp³-hybridized carbons (Fsp3) is 0.474. The van der Waals surface area contributed by atoms with E-state index in [2.05, 4.69) is 4.98 Å². The molecule has 3 heterocycles. The highest BCUT2D eigenvalue weighted by Crippen LogP contribution is 2.37. The van der Waals surface area contributed by atoms with E-state index < -0.39 is 12.0 Å². The molecule has 4 rings (SSSR count). The van der Waals surface area contributed by atoms with E-state index in [1.54, 1.807) is 4.90 Å². The molecule has 1 aromatic heterocycles. The molecule has 0 saturated heterocycles. The molecule has 150 valence electrons. The highest BCUT2D eigenvalue weighted by Gasteiger charge is 2.40. The van der Waals surface area contributed by atoms with Crippen molar-refractivity contribution in [3.8, 4) is 5.75 Å². The monoisotopic (exact) mass is 394 g/mol. The fourth-order valence-electron chi connectivity index (χ4n) is 3.84. The lowest BCUT2D eigenvalue weighted by Gasteiger charge is -2.34. The Labute approximate surface area is 160 Å². The van der Waals surface area contributed by atoms with E-state index in [4.69, 9.17) is 4.74 Å². The van der Waals surface area contributed by atoms with Gasteiger partial charge in [-0.3, -0.25) is 4.79 Å². The summed E-state index contributed by atoms with van der Waals surface area (Å²) < 4.78 is 46.0. The van der Waals surface area contributed by atoms with Gasteiger partial charge < -0.3 is 19.1 Å². The number of rotatable bonds is 2. The number of nitrogens with zero attached hydrogens (tertiary/aromatic N) is 4. The standard InChI is InChI=1S/C19H21F3N4O2/c1-24(2)13-3-4-15-16(10-13)28-8-7-26(15)17(27)12-5-6-25-14(9-12)11-23-18(25)19(20,21)22/h3-4,10-12H,5-9H2,1-2H3. The number of ether oxygens (including phenoxy) is 1. The first-order valence-electron chi connectivity index (χ1n) is 9.13. The molecule has 28 heavy (non-hydrogen) atoms. The third-order valence-electron chi connectivity index (χ3n) is 5.29. The summed E-state index contributed by atoms with van der Waals surface area (Å²) in [5, 5.41) is 0. The minimum atomic E-state index is -4.48. The molecule has 0 saturated carbocycles. The van der Waals surface area contributed by atoms with Gasteiger partial charge in [-0.1, -0.05) is 0 Å². The molecule has 2 aliphatic rings. The van der Waals surface area contributed by atoms with Gasteiger partial charge in [0.25, 0.3) is 0 Å². The van der Waals surface area contributed by atoms with Crippen molar-refractivity contribution < 1.29 is 22.7 Å². The lowest BCUT2D eigenvalue weighted by molar-refractivity contribution is -0.147. The van der Waals surface area contributed by atoms with Gasteiger partial charge in [-0.2, -0.15) is 13.2 Å². The van der Waals surface area contributed by atoms with E-state index in [0.717, 1.165) is 5.69 Å². The third-order valence-corrected chi connectivity index (χ3v) is 5.29. The molecule has 1 amide bonds. The van der Waals surface area contributed by atoms with E-state index in [-0.39, 0.29) is 24.8 Å². The second-order valence-corrected chi connectivity index (χ2v) is 7.30. The van der Waals surface area contributed by atoms with Crippen LogP contribution in [0.2, 0.25) is 0 Å². The molecule has 1 unspecified atom stereocenters. The number of fused-ring (bicyclic) bond motifs is 2. The number of imidazole rings is 1. The number of carbonyl (C=O) groups is 1. The molecule has 1 atom stereocenters. The van der Waals surface area contributed by atoms with Crippen LogP contribution >= 0.6 is 0 Å². The lowest BCUT2D eigenvalue weighted by atomic mass is 9.94. The van der Waals surface area contributed by atoms with Crippen LogP contribution in [0.3, 0.4) is 0 Å². The Hall–Kier alpha value is -2.71. The van der Waals surface area contributed by atoms with Gasteiger partial charge in [-0.05, 0) is 18.6 Å². The van der Waals surface area contributed by atoms with Gasteiger partial charge >= 0.3 is 6.18 Å². The average Bonchev–Trinajstić information content (AvgIpc) is 3.10. The molecular formula is C19H21F3N4O2. The largest absolute Gasteiger partial charge is 0.489 e. The highest BCUT2D eigenvalue weighted by atomic mass is 19.4. The number of alkyl halides is 3. The van der Waals surface area contributed by atoms with Crippen LogP contribution in [0.4, 0.5) is 24.5 Å². The van der Waals surface area contributed by atoms with Crippen LogP contribution in [0.15, 0.2) is 24.4 Å². The van der Waals surface area contributed by atoms with Gasteiger partial charge in [-0.15, -0.1) is 0 Å². The Bertz CT molecular complexity index is 907. The summed E-state index contributed by atoms with van der Waals surface area (Å²) >= 11 is 0. The maximum Gasteiger partial charge on any atom is 0.449 e. The van der Waals surface area contributed by atoms with E-state index >= 15 is 0 Å². The van der Waals surface area contributed by atoms with Crippen molar-refractivity contribution in [2.75, 3.05) is 37.0 Å². The number of hydrogen-bond donors (Lipinski definition) is 0. The third kappa shape index (κ3) is 3.18. The van der Waals surface area contributed by atoms with Crippen molar-refractivity contribution in [3.63, 3.8) is 0 Å². The van der Waals surface area contributed by atoms with Crippen molar-refractivity contribution in [2.45, 2.75) is 25.6 Å². The van der Waals surface area contributed by atoms with Crippen LogP contribution in [0.25, 0.3) is 0 Å². The van der Waals surface area contributed by atoms with E-state index in [0.29, 0.717) is 36.7 Å². The van der Waals surface area contributed by atoms with Gasteiger partial charge in [0.1, 0.15) is 12.4 Å². The normalized spacial score (nSPS) is 18.9. The Balaban J connectivity index is 1.56. The summed E-state index contributed by atoms with van der Waals surface area (Å²) in [6.07, 6.45) is -2.64. The van der Waals surface area contributed by atoms with E-state index in [9.17, 15) is 18.0 Å². The van der Waals surface area contributed by atoms with Gasteiger partial charge in [-0.25, -0.2) is 4.98 Å². The number of anilines is 2. The van der Waals surface area contributed by atoms with Gasteiger partial charge in [0.2, 0.25) is 11.7 Å². The molecule has 0 N–H and O–H groups in total. The van der Waals surface area contributed by atoms with Gasteiger partial charge in [0.05, 0.1) is 12.2 Å². The second kappa shape index (κ2) is 6.72. The maximum atomic E-state index is 13.2. The zero-order chi connectivity index (χ0) is 20.1. The first kappa shape index (κ1) is 18.6. The Morgan fingerprint density at radius 3 is 2.79 bits per heavy atom. The lowest BCUT2D eigenvalue weighted by Crippen LogP contribution is -2.43. The summed E-state index contributed by atoms with van der Waals surface area (Å²) in [7, 11) is 3.85. The van der Waals surface area contributed by atoms with Gasteiger partial charge in [0.15, 0.2) is 0 Å². The molecule has 2 aromatic rings. The minimum absolute atomic E-state index is 0.0804. The van der Waals surface area contributed by atoms with Crippen LogP contribution in [0.5, 0.6) is 5.75 Å². The van der Waals surface area contributed by atoms with Crippen molar-refractivity contribution in [1.29, 1.82) is 0 Å². The minimum Gasteiger partial charge on any atom is -0.489 e. The van der Waals surface area contributed by atoms with Crippen LogP contribution in [0, 0.1) is 5.92 Å². The molecule has 0 fully saturated rings. The number of benzene rings is 1. The molecule has 6 nitrogen and oxygen atoms in total. The number of halogens is 3. The highest BCUT2D eigenvalue weighted by molar-refractivity contribution is 5.97. The Morgan fingerprint density at radius 2 is 2.07 bits per heavy atom. The molecule has 0 aliphatic carbocycles. The number of hydrogen-bond acceptors (Lipinski definition) is 4. The molecular weight excluding hydrogens is 373 g/mol. The fourth-order valence-corrected chi connectivity index (χ4v) is 3.84. The van der Waals surface area contributed by atoms with E-state index in [1.807, 2.05) is 37.2 Å². The predicted octanol–water partition coefficient (Wildman–Crippen LogP) is 2.96. The summed E-state index contributed by atoms with van der Waals surface area (Å²) in [6, 6.07) is 5.66. The average molecular weight is 394 g/mol. The molecule has 9 heteroatoms. The summed E-state index contributed by atoms with van der Waals surface area (Å²) in [4.78, 5) is 20.3. The number of carbonyl (C=O) groups excluding carboxylic acids is 1. The zero-order valence-corrected chi connectivity index (χ0v) is 15.7. The van der Waals surface area contributed by atoms with Crippen molar-refractivity contribution >= 4 is 17.3 Å². The molecule has 2 aliphatic heterocycles. The van der Waals surface area contributed by atoms with Gasteiger partial charge in [0, 0.05) is 56.6 Å². The number of amides is 1. The number of aromatic nitrogens is 2. The van der Waals surface area contributed by atoms with Crippen LogP contribution in [-0.4, -0.2) is 42.7 Å². The zero-order valence-electron chi connectivity index (χ0n) is 15.7. The smallest absolute Gasteiger partial charge is 0.449 e. The van der Waals surface area contributed by atoms with Crippen molar-refractivity contribution in [2.24, 2.45) is 5.92 Å². The summed E-state index contributed by atoms with van der Waals surface area (Å²) in [5.41, 5.74) is 2.12. The summed E-state index contributed by atoms with van der Waals surface area (Å²) in [5.74, 6) is -0.694. The summed E-state index contributed by atoms with van der Waals surface area (Å²) in [6.45, 7) is 0.951. The van der Waals surface area contributed by atoms with Crippen LogP contribution in [0.1, 0.15) is 17.9 Å². The SMILES string of the molecule is CN(C)c1ccc2c(c1)OCCN2C(=O)C1CCn2c(cnc2C(F)(F)F)C1. The topological polar surface area (TPSA) is 50.6 Å². The van der Waals surface area contributed by atoms with Crippen LogP contribution in [-0.2, 0) is 23.9 Å². The molecule has 0 bridgehead atoms. The van der Waals surface area contributed by atoms with Crippen molar-refractivity contribution in [1.82, 2.24) is 9.55 Å². The van der Waals surface area contributed by atoms with E-state index in [1.165, 1.54) is 10.8 Å². The van der Waals surface area contributed by atoms with Crippen molar-refractivity contribution in [3.05, 3.63) is 35.9 Å². The molecule has 0 radical (unpaired) electrons.